The molecule has 0 radical (unpaired) electrons. The van der Waals surface area contributed by atoms with Crippen LogP contribution in [0.3, 0.4) is 0 Å². The molecule has 2 N–H and O–H groups in total. The molecule has 0 spiro atoms. The van der Waals surface area contributed by atoms with Crippen molar-refractivity contribution in [2.75, 3.05) is 5.32 Å². The molecule has 0 unspecified atom stereocenters. The van der Waals surface area contributed by atoms with Gasteiger partial charge in [0.1, 0.15) is 0 Å². The number of alkyl halides is 3. The molecular weight excluding hydrogens is 501 g/mol. The summed E-state index contributed by atoms with van der Waals surface area (Å²) in [5, 5.41) is 5.62. The Bertz CT molecular complexity index is 1580. The van der Waals surface area contributed by atoms with Gasteiger partial charge in [-0.25, -0.2) is 0 Å². The topological polar surface area (TPSA) is 58.2 Å². The normalized spacial score (nSPS) is 13.1. The maximum Gasteiger partial charge on any atom is 0.416 e. The van der Waals surface area contributed by atoms with Crippen LogP contribution in [0.15, 0.2) is 84.9 Å². The number of carbonyl (C=O) groups is 2. The summed E-state index contributed by atoms with van der Waals surface area (Å²) >= 11 is 0. The Morgan fingerprint density at radius 1 is 0.795 bits per heavy atom. The monoisotopic (exact) mass is 528 g/mol. The molecule has 0 aliphatic carbocycles. The highest BCUT2D eigenvalue weighted by atomic mass is 19.4. The molecule has 0 saturated heterocycles. The minimum Gasteiger partial charge on any atom is -0.348 e. The van der Waals surface area contributed by atoms with Crippen molar-refractivity contribution in [1.29, 1.82) is 0 Å². The third-order valence-electron chi connectivity index (χ3n) is 6.91. The zero-order valence-electron chi connectivity index (χ0n) is 21.7. The van der Waals surface area contributed by atoms with Crippen molar-refractivity contribution < 1.29 is 22.8 Å². The molecule has 1 heterocycles. The predicted octanol–water partition coefficient (Wildman–Crippen LogP) is 7.83. The maximum absolute atomic E-state index is 13.1. The van der Waals surface area contributed by atoms with Crippen molar-refractivity contribution in [3.8, 4) is 22.3 Å². The second-order valence-corrected chi connectivity index (χ2v) is 10.6. The highest BCUT2D eigenvalue weighted by Gasteiger charge is 2.31. The van der Waals surface area contributed by atoms with Crippen LogP contribution in [-0.2, 0) is 18.1 Å². The average molecular weight is 529 g/mol. The molecular formula is C32H27F3N2O2. The Balaban J connectivity index is 1.46. The van der Waals surface area contributed by atoms with Gasteiger partial charge in [0.2, 0.25) is 0 Å². The van der Waals surface area contributed by atoms with E-state index in [9.17, 15) is 22.8 Å². The first-order valence-corrected chi connectivity index (χ1v) is 12.6. The number of fused-ring (bicyclic) bond motifs is 1. The molecule has 5 rings (SSSR count). The molecule has 0 bridgehead atoms. The summed E-state index contributed by atoms with van der Waals surface area (Å²) in [6.07, 6.45) is -4.54. The first-order chi connectivity index (χ1) is 18.4. The van der Waals surface area contributed by atoms with Crippen LogP contribution in [0.25, 0.3) is 22.3 Å². The van der Waals surface area contributed by atoms with Gasteiger partial charge in [0.25, 0.3) is 11.8 Å². The van der Waals surface area contributed by atoms with E-state index in [1.807, 2.05) is 30.3 Å². The van der Waals surface area contributed by atoms with Gasteiger partial charge in [0, 0.05) is 17.8 Å². The molecule has 1 aliphatic heterocycles. The zero-order chi connectivity index (χ0) is 27.9. The predicted molar refractivity (Wildman–Crippen MR) is 147 cm³/mol. The van der Waals surface area contributed by atoms with Crippen molar-refractivity contribution in [2.45, 2.75) is 38.9 Å². The molecule has 198 valence electrons. The number of hydrogen-bond acceptors (Lipinski definition) is 2. The van der Waals surface area contributed by atoms with E-state index in [2.05, 4.69) is 43.5 Å². The highest BCUT2D eigenvalue weighted by Crippen LogP contribution is 2.37. The van der Waals surface area contributed by atoms with Gasteiger partial charge in [-0.2, -0.15) is 13.2 Å². The standard InChI is InChI=1S/C32H27F3N2O2/c1-31(2,3)22-12-10-19(11-13-22)26-15-14-25(27-18-36-30(39)28(26)27)20-6-5-9-24(17-20)37-29(38)21-7-4-8-23(16-21)32(33,34)35/h4-17H,18H2,1-3H3,(H,36,39)(H,37,38). The van der Waals surface area contributed by atoms with E-state index in [1.165, 1.54) is 17.7 Å². The molecule has 0 aromatic heterocycles. The van der Waals surface area contributed by atoms with Gasteiger partial charge in [-0.1, -0.05) is 75.4 Å². The maximum atomic E-state index is 13.1. The third kappa shape index (κ3) is 5.30. The second-order valence-electron chi connectivity index (χ2n) is 10.6. The van der Waals surface area contributed by atoms with Crippen molar-refractivity contribution >= 4 is 17.5 Å². The Morgan fingerprint density at radius 3 is 2.18 bits per heavy atom. The summed E-state index contributed by atoms with van der Waals surface area (Å²) in [5.74, 6) is -0.787. The van der Waals surface area contributed by atoms with Gasteiger partial charge in [-0.05, 0) is 69.1 Å². The first kappa shape index (κ1) is 26.2. The van der Waals surface area contributed by atoms with Gasteiger partial charge >= 0.3 is 6.18 Å². The van der Waals surface area contributed by atoms with Crippen LogP contribution in [-0.4, -0.2) is 11.8 Å². The fourth-order valence-electron chi connectivity index (χ4n) is 4.81. The highest BCUT2D eigenvalue weighted by molar-refractivity contribution is 6.07. The van der Waals surface area contributed by atoms with Crippen LogP contribution >= 0.6 is 0 Å². The van der Waals surface area contributed by atoms with Crippen molar-refractivity contribution in [2.24, 2.45) is 0 Å². The zero-order valence-corrected chi connectivity index (χ0v) is 21.7. The van der Waals surface area contributed by atoms with Crippen LogP contribution in [0.2, 0.25) is 0 Å². The summed E-state index contributed by atoms with van der Waals surface area (Å²) < 4.78 is 39.2. The molecule has 4 aromatic carbocycles. The van der Waals surface area contributed by atoms with Crippen molar-refractivity contribution in [3.05, 3.63) is 113 Å². The largest absolute Gasteiger partial charge is 0.416 e. The van der Waals surface area contributed by atoms with Crippen molar-refractivity contribution in [1.82, 2.24) is 5.32 Å². The second kappa shape index (κ2) is 9.73. The lowest BCUT2D eigenvalue weighted by Gasteiger charge is -2.19. The molecule has 4 nitrogen and oxygen atoms in total. The van der Waals surface area contributed by atoms with E-state index in [0.29, 0.717) is 17.8 Å². The molecule has 0 fully saturated rings. The molecule has 39 heavy (non-hydrogen) atoms. The third-order valence-corrected chi connectivity index (χ3v) is 6.91. The minimum absolute atomic E-state index is 0.0171. The minimum atomic E-state index is -4.54. The number of amides is 2. The lowest BCUT2D eigenvalue weighted by molar-refractivity contribution is -0.137. The fraction of sp³-hybridized carbons (Fsp3) is 0.188. The molecule has 4 aromatic rings. The van der Waals surface area contributed by atoms with E-state index < -0.39 is 17.6 Å². The Labute approximate surface area is 224 Å². The van der Waals surface area contributed by atoms with Crippen molar-refractivity contribution in [3.63, 3.8) is 0 Å². The summed E-state index contributed by atoms with van der Waals surface area (Å²) in [4.78, 5) is 25.6. The SMILES string of the molecule is CC(C)(C)c1ccc(-c2ccc(-c3cccc(NC(=O)c4cccc(C(F)(F)F)c4)c3)c3c2C(=O)NC3)cc1. The number of benzene rings is 4. The van der Waals surface area contributed by atoms with Gasteiger partial charge in [-0.3, -0.25) is 9.59 Å². The Morgan fingerprint density at radius 2 is 1.49 bits per heavy atom. The number of hydrogen-bond donors (Lipinski definition) is 2. The average Bonchev–Trinajstić information content (AvgIpc) is 3.29. The van der Waals surface area contributed by atoms with E-state index >= 15 is 0 Å². The summed E-state index contributed by atoms with van der Waals surface area (Å²) in [6.45, 7) is 6.83. The van der Waals surface area contributed by atoms with Crippen LogP contribution in [0.1, 0.15) is 58.2 Å². The van der Waals surface area contributed by atoms with Crippen LogP contribution in [0, 0.1) is 0 Å². The van der Waals surface area contributed by atoms with Gasteiger partial charge in [-0.15, -0.1) is 0 Å². The van der Waals surface area contributed by atoms with Crippen LogP contribution < -0.4 is 10.6 Å². The van der Waals surface area contributed by atoms with E-state index in [0.717, 1.165) is 39.9 Å². The summed E-state index contributed by atoms with van der Waals surface area (Å²) in [5.41, 5.74) is 5.57. The fourth-order valence-corrected chi connectivity index (χ4v) is 4.81. The van der Waals surface area contributed by atoms with E-state index in [4.69, 9.17) is 0 Å². The molecule has 2 amide bonds. The lowest BCUT2D eigenvalue weighted by Crippen LogP contribution is -2.14. The van der Waals surface area contributed by atoms with Crippen LogP contribution in [0.4, 0.5) is 18.9 Å². The number of nitrogens with one attached hydrogen (secondary N) is 2. The number of carbonyl (C=O) groups excluding carboxylic acids is 2. The Kier molecular flexibility index (Phi) is 6.54. The number of halogens is 3. The van der Waals surface area contributed by atoms with E-state index in [1.54, 1.807) is 18.2 Å². The number of anilines is 1. The van der Waals surface area contributed by atoms with Gasteiger partial charge < -0.3 is 10.6 Å². The number of rotatable bonds is 4. The quantitative estimate of drug-likeness (QED) is 0.284. The molecule has 0 saturated carbocycles. The summed E-state index contributed by atoms with van der Waals surface area (Å²) in [6, 6.07) is 23.5. The van der Waals surface area contributed by atoms with Gasteiger partial charge in [0.15, 0.2) is 0 Å². The smallest absolute Gasteiger partial charge is 0.348 e. The summed E-state index contributed by atoms with van der Waals surface area (Å²) in [7, 11) is 0. The Hall–Kier alpha value is -4.39. The lowest BCUT2D eigenvalue weighted by atomic mass is 9.85. The first-order valence-electron chi connectivity index (χ1n) is 12.6. The van der Waals surface area contributed by atoms with E-state index in [-0.39, 0.29) is 16.9 Å². The molecule has 1 aliphatic rings. The van der Waals surface area contributed by atoms with Crippen LogP contribution in [0.5, 0.6) is 0 Å². The molecule has 0 atom stereocenters. The molecule has 7 heteroatoms. The van der Waals surface area contributed by atoms with Gasteiger partial charge in [0.05, 0.1) is 11.1 Å².